The van der Waals surface area contributed by atoms with Crippen LogP contribution in [0.15, 0.2) is 67.0 Å². The Bertz CT molecular complexity index is 823. The third-order valence-corrected chi connectivity index (χ3v) is 3.40. The molecule has 1 heterocycles. The van der Waals surface area contributed by atoms with Crippen LogP contribution in [0.3, 0.4) is 0 Å². The van der Waals surface area contributed by atoms with Crippen LogP contribution in [0.4, 0.5) is 5.95 Å². The summed E-state index contributed by atoms with van der Waals surface area (Å²) in [6.45, 7) is 0. The Labute approximate surface area is 139 Å². The predicted molar refractivity (Wildman–Crippen MR) is 91.6 cm³/mol. The highest BCUT2D eigenvalue weighted by Gasteiger charge is 2.11. The molecule has 1 aromatic heterocycles. The van der Waals surface area contributed by atoms with Crippen molar-refractivity contribution in [2.45, 2.75) is 0 Å². The number of methoxy groups -OCH3 is 1. The third-order valence-electron chi connectivity index (χ3n) is 3.40. The molecule has 0 radical (unpaired) electrons. The maximum atomic E-state index is 12.3. The summed E-state index contributed by atoms with van der Waals surface area (Å²) in [4.78, 5) is 20.3. The first-order valence-corrected chi connectivity index (χ1v) is 7.35. The summed E-state index contributed by atoms with van der Waals surface area (Å²) >= 11 is 0. The van der Waals surface area contributed by atoms with E-state index in [1.54, 1.807) is 43.8 Å². The Morgan fingerprint density at radius 2 is 1.75 bits per heavy atom. The molecule has 120 valence electrons. The molecule has 1 amide bonds. The van der Waals surface area contributed by atoms with Gasteiger partial charge in [0.05, 0.1) is 7.11 Å². The Morgan fingerprint density at radius 1 is 1.00 bits per heavy atom. The molecule has 0 saturated carbocycles. The first kappa shape index (κ1) is 15.5. The van der Waals surface area contributed by atoms with Gasteiger partial charge in [-0.3, -0.25) is 15.6 Å². The van der Waals surface area contributed by atoms with E-state index >= 15 is 0 Å². The normalized spacial score (nSPS) is 10.0. The van der Waals surface area contributed by atoms with E-state index in [1.165, 1.54) is 0 Å². The van der Waals surface area contributed by atoms with Crippen molar-refractivity contribution in [1.82, 2.24) is 15.4 Å². The number of carbonyl (C=O) groups is 1. The topological polar surface area (TPSA) is 76.1 Å². The van der Waals surface area contributed by atoms with Gasteiger partial charge in [-0.05, 0) is 29.8 Å². The summed E-state index contributed by atoms with van der Waals surface area (Å²) in [5, 5.41) is 0. The second-order valence-electron chi connectivity index (χ2n) is 4.93. The number of hydrogen-bond acceptors (Lipinski definition) is 5. The smallest absolute Gasteiger partial charge is 0.269 e. The van der Waals surface area contributed by atoms with E-state index in [4.69, 9.17) is 4.74 Å². The van der Waals surface area contributed by atoms with Crippen LogP contribution in [0.2, 0.25) is 0 Å². The fraction of sp³-hybridized carbons (Fsp3) is 0.0556. The summed E-state index contributed by atoms with van der Waals surface area (Å²) in [5.41, 5.74) is 7.58. The van der Waals surface area contributed by atoms with E-state index in [0.717, 1.165) is 11.1 Å². The second-order valence-corrected chi connectivity index (χ2v) is 4.93. The van der Waals surface area contributed by atoms with Crippen molar-refractivity contribution in [3.8, 4) is 16.9 Å². The molecular formula is C18H16N4O2. The molecular weight excluding hydrogens is 304 g/mol. The van der Waals surface area contributed by atoms with Gasteiger partial charge in [-0.15, -0.1) is 0 Å². The number of aromatic nitrogens is 2. The van der Waals surface area contributed by atoms with E-state index in [1.807, 2.05) is 30.3 Å². The lowest BCUT2D eigenvalue weighted by Crippen LogP contribution is -2.30. The highest BCUT2D eigenvalue weighted by atomic mass is 16.5. The quantitative estimate of drug-likeness (QED) is 0.707. The van der Waals surface area contributed by atoms with Gasteiger partial charge >= 0.3 is 0 Å². The number of hydrogen-bond donors (Lipinski definition) is 2. The molecule has 0 aliphatic rings. The molecule has 0 unspecified atom stereocenters. The van der Waals surface area contributed by atoms with Crippen molar-refractivity contribution in [3.05, 3.63) is 72.6 Å². The number of rotatable bonds is 5. The average molecular weight is 320 g/mol. The van der Waals surface area contributed by atoms with Crippen molar-refractivity contribution < 1.29 is 9.53 Å². The van der Waals surface area contributed by atoms with Crippen LogP contribution < -0.4 is 15.6 Å². The van der Waals surface area contributed by atoms with E-state index in [9.17, 15) is 4.79 Å². The fourth-order valence-corrected chi connectivity index (χ4v) is 2.24. The minimum absolute atomic E-state index is 0.290. The maximum Gasteiger partial charge on any atom is 0.269 e. The molecule has 6 nitrogen and oxygen atoms in total. The zero-order valence-electron chi connectivity index (χ0n) is 13.1. The SMILES string of the molecule is COc1ccc(C(=O)NNc2ncccn2)cc1-c1ccccc1. The monoisotopic (exact) mass is 320 g/mol. The zero-order valence-corrected chi connectivity index (χ0v) is 13.1. The molecule has 0 spiro atoms. The number of benzene rings is 2. The van der Waals surface area contributed by atoms with Gasteiger partial charge in [0.25, 0.3) is 5.91 Å². The van der Waals surface area contributed by atoms with E-state index < -0.39 is 0 Å². The van der Waals surface area contributed by atoms with Crippen LogP contribution in [0.5, 0.6) is 5.75 Å². The van der Waals surface area contributed by atoms with Crippen molar-refractivity contribution in [3.63, 3.8) is 0 Å². The molecule has 0 atom stereocenters. The summed E-state index contributed by atoms with van der Waals surface area (Å²) in [6.07, 6.45) is 3.17. The van der Waals surface area contributed by atoms with Gasteiger partial charge in [0.15, 0.2) is 0 Å². The fourth-order valence-electron chi connectivity index (χ4n) is 2.24. The van der Waals surface area contributed by atoms with Crippen LogP contribution in [0, 0.1) is 0 Å². The minimum atomic E-state index is -0.290. The van der Waals surface area contributed by atoms with Crippen molar-refractivity contribution in [2.75, 3.05) is 12.5 Å². The Hall–Kier alpha value is -3.41. The van der Waals surface area contributed by atoms with Crippen LogP contribution in [-0.2, 0) is 0 Å². The lowest BCUT2D eigenvalue weighted by Gasteiger charge is -2.12. The van der Waals surface area contributed by atoms with Gasteiger partial charge < -0.3 is 4.74 Å². The Kier molecular flexibility index (Phi) is 4.67. The van der Waals surface area contributed by atoms with Gasteiger partial charge in [0.1, 0.15) is 5.75 Å². The third kappa shape index (κ3) is 3.49. The van der Waals surface area contributed by atoms with Crippen LogP contribution in [0.25, 0.3) is 11.1 Å². The minimum Gasteiger partial charge on any atom is -0.496 e. The molecule has 0 saturated heterocycles. The highest BCUT2D eigenvalue weighted by molar-refractivity contribution is 5.96. The van der Waals surface area contributed by atoms with Crippen LogP contribution in [0.1, 0.15) is 10.4 Å². The van der Waals surface area contributed by atoms with Crippen molar-refractivity contribution >= 4 is 11.9 Å². The predicted octanol–water partition coefficient (Wildman–Crippen LogP) is 2.91. The van der Waals surface area contributed by atoms with Gasteiger partial charge in [0, 0.05) is 23.5 Å². The molecule has 2 aromatic carbocycles. The summed E-state index contributed by atoms with van der Waals surface area (Å²) in [5.74, 6) is 0.738. The number of ether oxygens (including phenoxy) is 1. The number of anilines is 1. The largest absolute Gasteiger partial charge is 0.496 e. The molecule has 24 heavy (non-hydrogen) atoms. The highest BCUT2D eigenvalue weighted by Crippen LogP contribution is 2.30. The standard InChI is InChI=1S/C18H16N4O2/c1-24-16-9-8-14(12-15(16)13-6-3-2-4-7-13)17(23)21-22-18-19-10-5-11-20-18/h2-12H,1H3,(H,21,23)(H,19,20,22). The number of nitrogens with zero attached hydrogens (tertiary/aromatic N) is 2. The molecule has 0 aliphatic heterocycles. The molecule has 2 N–H and O–H groups in total. The molecule has 6 heteroatoms. The molecule has 0 bridgehead atoms. The average Bonchev–Trinajstić information content (AvgIpc) is 2.67. The van der Waals surface area contributed by atoms with Crippen molar-refractivity contribution in [2.24, 2.45) is 0 Å². The summed E-state index contributed by atoms with van der Waals surface area (Å²) < 4.78 is 5.40. The summed E-state index contributed by atoms with van der Waals surface area (Å²) in [7, 11) is 1.61. The molecule has 3 aromatic rings. The van der Waals surface area contributed by atoms with Crippen molar-refractivity contribution in [1.29, 1.82) is 0 Å². The number of nitrogens with one attached hydrogen (secondary N) is 2. The van der Waals surface area contributed by atoms with E-state index in [2.05, 4.69) is 20.8 Å². The zero-order chi connectivity index (χ0) is 16.8. The number of hydrazine groups is 1. The van der Waals surface area contributed by atoms with Gasteiger partial charge in [0.2, 0.25) is 5.95 Å². The number of carbonyl (C=O) groups excluding carboxylic acids is 1. The van der Waals surface area contributed by atoms with Gasteiger partial charge in [-0.2, -0.15) is 0 Å². The summed E-state index contributed by atoms with van der Waals surface area (Å²) in [6, 6.07) is 16.7. The van der Waals surface area contributed by atoms with Crippen LogP contribution >= 0.6 is 0 Å². The molecule has 3 rings (SSSR count). The Morgan fingerprint density at radius 3 is 2.46 bits per heavy atom. The van der Waals surface area contributed by atoms with E-state index in [-0.39, 0.29) is 5.91 Å². The van der Waals surface area contributed by atoms with Gasteiger partial charge in [-0.1, -0.05) is 30.3 Å². The number of amides is 1. The van der Waals surface area contributed by atoms with Crippen LogP contribution in [-0.4, -0.2) is 23.0 Å². The molecule has 0 aliphatic carbocycles. The Balaban J connectivity index is 1.82. The first-order valence-electron chi connectivity index (χ1n) is 7.35. The van der Waals surface area contributed by atoms with E-state index in [0.29, 0.717) is 17.3 Å². The second kappa shape index (κ2) is 7.23. The molecule has 0 fully saturated rings. The lowest BCUT2D eigenvalue weighted by atomic mass is 10.0. The lowest BCUT2D eigenvalue weighted by molar-refractivity contribution is 0.0962. The first-order chi connectivity index (χ1) is 11.8. The maximum absolute atomic E-state index is 12.3. The van der Waals surface area contributed by atoms with Gasteiger partial charge in [-0.25, -0.2) is 9.97 Å².